The van der Waals surface area contributed by atoms with E-state index in [-0.39, 0.29) is 23.1 Å². The summed E-state index contributed by atoms with van der Waals surface area (Å²) in [5, 5.41) is 5.76. The van der Waals surface area contributed by atoms with Gasteiger partial charge in [0.2, 0.25) is 15.9 Å². The Labute approximate surface area is 200 Å². The Morgan fingerprint density at radius 2 is 1.59 bits per heavy atom. The molecule has 0 spiro atoms. The van der Waals surface area contributed by atoms with Gasteiger partial charge in [-0.1, -0.05) is 30.3 Å². The van der Waals surface area contributed by atoms with Gasteiger partial charge in [0.15, 0.2) is 0 Å². The Bertz CT molecular complexity index is 1200. The first-order valence-electron chi connectivity index (χ1n) is 10.8. The van der Waals surface area contributed by atoms with Crippen molar-refractivity contribution in [1.82, 2.24) is 4.31 Å². The van der Waals surface area contributed by atoms with E-state index in [1.165, 1.54) is 20.2 Å². The summed E-state index contributed by atoms with van der Waals surface area (Å²) >= 11 is 0. The van der Waals surface area contributed by atoms with Crippen LogP contribution < -0.4 is 20.1 Å². The molecule has 0 atom stereocenters. The van der Waals surface area contributed by atoms with Crippen molar-refractivity contribution in [1.29, 1.82) is 0 Å². The average molecular weight is 484 g/mol. The second-order valence-electron chi connectivity index (χ2n) is 7.58. The fourth-order valence-corrected chi connectivity index (χ4v) is 4.10. The second kappa shape index (κ2) is 11.5. The standard InChI is InChI=1S/C25H29N3O5S/c1-4-32-23-15-12-21(16-24(23)34(30,31)28(2)3)26-17-25(29)27-20-10-13-22(14-11-20)33-18-19-8-6-5-7-9-19/h5-16,26H,4,17-18H2,1-3H3,(H,27,29). The first kappa shape index (κ1) is 25.1. The first-order chi connectivity index (χ1) is 16.3. The molecule has 3 aromatic rings. The number of ether oxygens (including phenoxy) is 2. The maximum Gasteiger partial charge on any atom is 0.246 e. The van der Waals surface area contributed by atoms with E-state index in [2.05, 4.69) is 10.6 Å². The summed E-state index contributed by atoms with van der Waals surface area (Å²) in [6.45, 7) is 2.54. The van der Waals surface area contributed by atoms with E-state index in [0.29, 0.717) is 30.3 Å². The van der Waals surface area contributed by atoms with Gasteiger partial charge in [-0.3, -0.25) is 4.79 Å². The Morgan fingerprint density at radius 3 is 2.24 bits per heavy atom. The second-order valence-corrected chi connectivity index (χ2v) is 9.70. The van der Waals surface area contributed by atoms with Gasteiger partial charge in [0.1, 0.15) is 23.0 Å². The van der Waals surface area contributed by atoms with Crippen molar-refractivity contribution in [3.8, 4) is 11.5 Å². The molecule has 0 aliphatic heterocycles. The third-order valence-corrected chi connectivity index (χ3v) is 6.68. The van der Waals surface area contributed by atoms with Gasteiger partial charge in [-0.25, -0.2) is 12.7 Å². The molecule has 0 aliphatic carbocycles. The zero-order valence-electron chi connectivity index (χ0n) is 19.4. The number of nitrogens with one attached hydrogen (secondary N) is 2. The predicted molar refractivity (Wildman–Crippen MR) is 133 cm³/mol. The molecule has 3 aromatic carbocycles. The molecule has 0 radical (unpaired) electrons. The Kier molecular flexibility index (Phi) is 8.50. The van der Waals surface area contributed by atoms with Gasteiger partial charge in [0.05, 0.1) is 13.2 Å². The van der Waals surface area contributed by atoms with Gasteiger partial charge >= 0.3 is 0 Å². The third kappa shape index (κ3) is 6.72. The molecule has 2 N–H and O–H groups in total. The molecular weight excluding hydrogens is 454 g/mol. The molecule has 180 valence electrons. The fraction of sp³-hybridized carbons (Fsp3) is 0.240. The number of anilines is 2. The molecule has 0 heterocycles. The molecule has 3 rings (SSSR count). The summed E-state index contributed by atoms with van der Waals surface area (Å²) in [7, 11) is -0.800. The van der Waals surface area contributed by atoms with E-state index in [1.54, 1.807) is 43.3 Å². The predicted octanol–water partition coefficient (Wildman–Crippen LogP) is 3.97. The highest BCUT2D eigenvalue weighted by molar-refractivity contribution is 7.89. The van der Waals surface area contributed by atoms with Crippen LogP contribution in [0.25, 0.3) is 0 Å². The number of hydrogen-bond acceptors (Lipinski definition) is 6. The first-order valence-corrected chi connectivity index (χ1v) is 12.2. The molecule has 34 heavy (non-hydrogen) atoms. The lowest BCUT2D eigenvalue weighted by molar-refractivity contribution is -0.114. The molecule has 1 amide bonds. The Balaban J connectivity index is 1.57. The lowest BCUT2D eigenvalue weighted by atomic mass is 10.2. The van der Waals surface area contributed by atoms with E-state index in [9.17, 15) is 13.2 Å². The molecule has 0 aliphatic rings. The van der Waals surface area contributed by atoms with Crippen LogP contribution in [0.2, 0.25) is 0 Å². The van der Waals surface area contributed by atoms with Crippen molar-refractivity contribution in [2.24, 2.45) is 0 Å². The number of carbonyl (C=O) groups excluding carboxylic acids is 1. The van der Waals surface area contributed by atoms with Crippen LogP contribution in [0.4, 0.5) is 11.4 Å². The molecule has 0 aromatic heterocycles. The zero-order chi connectivity index (χ0) is 24.6. The average Bonchev–Trinajstić information content (AvgIpc) is 2.83. The molecule has 8 nitrogen and oxygen atoms in total. The molecule has 9 heteroatoms. The summed E-state index contributed by atoms with van der Waals surface area (Å²) in [6, 6.07) is 21.7. The summed E-state index contributed by atoms with van der Waals surface area (Å²) in [5.74, 6) is 0.689. The van der Waals surface area contributed by atoms with Gasteiger partial charge in [-0.15, -0.1) is 0 Å². The molecule has 0 saturated carbocycles. The molecule has 0 bridgehead atoms. The summed E-state index contributed by atoms with van der Waals surface area (Å²) in [5.41, 5.74) is 2.19. The van der Waals surface area contributed by atoms with E-state index in [1.807, 2.05) is 30.3 Å². The maximum absolute atomic E-state index is 12.6. The fourth-order valence-electron chi connectivity index (χ4n) is 3.05. The monoisotopic (exact) mass is 483 g/mol. The lowest BCUT2D eigenvalue weighted by Crippen LogP contribution is -2.24. The van der Waals surface area contributed by atoms with Crippen LogP contribution in [0, 0.1) is 0 Å². The van der Waals surface area contributed by atoms with E-state index in [0.717, 1.165) is 9.87 Å². The molecular formula is C25H29N3O5S. The Hall–Kier alpha value is -3.56. The molecule has 0 saturated heterocycles. The Morgan fingerprint density at radius 1 is 0.912 bits per heavy atom. The van der Waals surface area contributed by atoms with Crippen LogP contribution in [0.5, 0.6) is 11.5 Å². The summed E-state index contributed by atoms with van der Waals surface area (Å²) < 4.78 is 37.6. The number of sulfonamides is 1. The normalized spacial score (nSPS) is 11.2. The molecule has 0 unspecified atom stereocenters. The molecule has 0 fully saturated rings. The number of benzene rings is 3. The lowest BCUT2D eigenvalue weighted by Gasteiger charge is -2.17. The van der Waals surface area contributed by atoms with Crippen LogP contribution in [0.1, 0.15) is 12.5 Å². The number of rotatable bonds is 11. The van der Waals surface area contributed by atoms with Gasteiger partial charge in [-0.05, 0) is 55.0 Å². The summed E-state index contributed by atoms with van der Waals surface area (Å²) in [6.07, 6.45) is 0. The van der Waals surface area contributed by atoms with E-state index >= 15 is 0 Å². The van der Waals surface area contributed by atoms with Crippen molar-refractivity contribution in [3.05, 3.63) is 78.4 Å². The van der Waals surface area contributed by atoms with Crippen molar-refractivity contribution in [2.75, 3.05) is 37.9 Å². The smallest absolute Gasteiger partial charge is 0.246 e. The minimum atomic E-state index is -3.71. The minimum Gasteiger partial charge on any atom is -0.492 e. The van der Waals surface area contributed by atoms with Crippen molar-refractivity contribution in [2.45, 2.75) is 18.4 Å². The van der Waals surface area contributed by atoms with Gasteiger partial charge in [0.25, 0.3) is 0 Å². The number of hydrogen-bond donors (Lipinski definition) is 2. The van der Waals surface area contributed by atoms with Crippen LogP contribution in [-0.4, -0.2) is 45.9 Å². The highest BCUT2D eigenvalue weighted by Crippen LogP contribution is 2.29. The van der Waals surface area contributed by atoms with Crippen LogP contribution in [-0.2, 0) is 21.4 Å². The highest BCUT2D eigenvalue weighted by atomic mass is 32.2. The number of carbonyl (C=O) groups is 1. The van der Waals surface area contributed by atoms with E-state index in [4.69, 9.17) is 9.47 Å². The summed E-state index contributed by atoms with van der Waals surface area (Å²) in [4.78, 5) is 12.4. The van der Waals surface area contributed by atoms with Crippen LogP contribution in [0.15, 0.2) is 77.7 Å². The number of nitrogens with zero attached hydrogens (tertiary/aromatic N) is 1. The van der Waals surface area contributed by atoms with E-state index < -0.39 is 10.0 Å². The maximum atomic E-state index is 12.6. The largest absolute Gasteiger partial charge is 0.492 e. The zero-order valence-corrected chi connectivity index (χ0v) is 20.3. The SMILES string of the molecule is CCOc1ccc(NCC(=O)Nc2ccc(OCc3ccccc3)cc2)cc1S(=O)(=O)N(C)C. The van der Waals surface area contributed by atoms with Crippen molar-refractivity contribution < 1.29 is 22.7 Å². The topological polar surface area (TPSA) is 97.0 Å². The van der Waals surface area contributed by atoms with Gasteiger partial charge in [-0.2, -0.15) is 0 Å². The van der Waals surface area contributed by atoms with Crippen molar-refractivity contribution in [3.63, 3.8) is 0 Å². The van der Waals surface area contributed by atoms with Crippen LogP contribution in [0.3, 0.4) is 0 Å². The van der Waals surface area contributed by atoms with Gasteiger partial charge in [0, 0.05) is 25.5 Å². The number of amides is 1. The minimum absolute atomic E-state index is 0.0378. The van der Waals surface area contributed by atoms with Crippen LogP contribution >= 0.6 is 0 Å². The van der Waals surface area contributed by atoms with Crippen molar-refractivity contribution >= 4 is 27.3 Å². The quantitative estimate of drug-likeness (QED) is 0.428. The third-order valence-electron chi connectivity index (χ3n) is 4.84. The highest BCUT2D eigenvalue weighted by Gasteiger charge is 2.23. The van der Waals surface area contributed by atoms with Gasteiger partial charge < -0.3 is 20.1 Å².